The zero-order valence-corrected chi connectivity index (χ0v) is 10.1. The van der Waals surface area contributed by atoms with Crippen LogP contribution in [0.15, 0.2) is 36.1 Å². The highest BCUT2D eigenvalue weighted by molar-refractivity contribution is 5.98. The third-order valence-electron chi connectivity index (χ3n) is 2.86. The number of nitrogen functional groups attached to an aromatic ring is 1. The molecule has 19 heavy (non-hydrogen) atoms. The highest BCUT2D eigenvalue weighted by Gasteiger charge is 2.45. The van der Waals surface area contributed by atoms with Crippen LogP contribution in [0.25, 0.3) is 0 Å². The van der Waals surface area contributed by atoms with Crippen molar-refractivity contribution in [1.29, 1.82) is 0 Å². The molecule has 0 spiro atoms. The van der Waals surface area contributed by atoms with E-state index in [1.165, 1.54) is 18.2 Å². The Kier molecular flexibility index (Phi) is 3.24. The first-order valence-corrected chi connectivity index (χ1v) is 5.48. The SMILES string of the molecule is CC1=C[C@@](C(=O)O)(c2ccccc2C(=O)NN)NO1. The molecule has 1 aliphatic rings. The van der Waals surface area contributed by atoms with Crippen molar-refractivity contribution >= 4 is 11.9 Å². The second kappa shape index (κ2) is 4.71. The van der Waals surface area contributed by atoms with Crippen molar-refractivity contribution in [3.05, 3.63) is 47.2 Å². The molecule has 1 aromatic carbocycles. The second-order valence-electron chi connectivity index (χ2n) is 4.09. The van der Waals surface area contributed by atoms with Gasteiger partial charge < -0.3 is 9.94 Å². The summed E-state index contributed by atoms with van der Waals surface area (Å²) in [4.78, 5) is 28.3. The summed E-state index contributed by atoms with van der Waals surface area (Å²) in [5.74, 6) is 3.76. The Morgan fingerprint density at radius 2 is 2.11 bits per heavy atom. The lowest BCUT2D eigenvalue weighted by molar-refractivity contribution is -0.146. The Morgan fingerprint density at radius 3 is 2.63 bits per heavy atom. The predicted molar refractivity (Wildman–Crippen MR) is 65.4 cm³/mol. The third kappa shape index (κ3) is 2.05. The van der Waals surface area contributed by atoms with Gasteiger partial charge in [-0.3, -0.25) is 10.2 Å². The van der Waals surface area contributed by atoms with E-state index in [0.717, 1.165) is 0 Å². The fourth-order valence-electron chi connectivity index (χ4n) is 1.98. The molecule has 0 radical (unpaired) electrons. The number of hydrogen-bond acceptors (Lipinski definition) is 5. The summed E-state index contributed by atoms with van der Waals surface area (Å²) in [5.41, 5.74) is 3.24. The number of nitrogens with two attached hydrogens (primary N) is 1. The fraction of sp³-hybridized carbons (Fsp3) is 0.167. The Bertz CT molecular complexity index is 570. The van der Waals surface area contributed by atoms with Crippen molar-refractivity contribution in [1.82, 2.24) is 10.9 Å². The minimum absolute atomic E-state index is 0.162. The first-order chi connectivity index (χ1) is 9.01. The maximum Gasteiger partial charge on any atom is 0.336 e. The summed E-state index contributed by atoms with van der Waals surface area (Å²) in [6.07, 6.45) is 1.40. The molecule has 0 saturated carbocycles. The number of carboxylic acids is 1. The van der Waals surface area contributed by atoms with Crippen molar-refractivity contribution in [3.63, 3.8) is 0 Å². The van der Waals surface area contributed by atoms with Gasteiger partial charge in [-0.25, -0.2) is 10.6 Å². The molecule has 0 bridgehead atoms. The van der Waals surface area contributed by atoms with E-state index in [9.17, 15) is 14.7 Å². The zero-order chi connectivity index (χ0) is 14.0. The van der Waals surface area contributed by atoms with Crippen molar-refractivity contribution < 1.29 is 19.5 Å². The molecule has 0 saturated heterocycles. The lowest BCUT2D eigenvalue weighted by Crippen LogP contribution is -2.46. The number of hydrogen-bond donors (Lipinski definition) is 4. The number of allylic oxidation sites excluding steroid dienone is 1. The van der Waals surface area contributed by atoms with Crippen molar-refractivity contribution in [2.75, 3.05) is 0 Å². The summed E-state index contributed by atoms with van der Waals surface area (Å²) >= 11 is 0. The number of carbonyl (C=O) groups excluding carboxylic acids is 1. The quantitative estimate of drug-likeness (QED) is 0.347. The Hall–Kier alpha value is -2.38. The van der Waals surface area contributed by atoms with Gasteiger partial charge in [-0.2, -0.15) is 0 Å². The highest BCUT2D eigenvalue weighted by Crippen LogP contribution is 2.32. The van der Waals surface area contributed by atoms with E-state index in [1.807, 2.05) is 5.43 Å². The van der Waals surface area contributed by atoms with Gasteiger partial charge in [0.25, 0.3) is 5.91 Å². The summed E-state index contributed by atoms with van der Waals surface area (Å²) in [6, 6.07) is 6.28. The molecule has 7 heteroatoms. The van der Waals surface area contributed by atoms with E-state index in [1.54, 1.807) is 19.1 Å². The van der Waals surface area contributed by atoms with Gasteiger partial charge in [0.2, 0.25) is 0 Å². The topological polar surface area (TPSA) is 114 Å². The van der Waals surface area contributed by atoms with Gasteiger partial charge in [-0.1, -0.05) is 18.2 Å². The van der Waals surface area contributed by atoms with E-state index in [2.05, 4.69) is 5.48 Å². The van der Waals surface area contributed by atoms with Crippen molar-refractivity contribution in [2.24, 2.45) is 5.84 Å². The number of benzene rings is 1. The van der Waals surface area contributed by atoms with Crippen LogP contribution in [0.3, 0.4) is 0 Å². The number of aliphatic carboxylic acids is 1. The van der Waals surface area contributed by atoms with Crippen LogP contribution >= 0.6 is 0 Å². The van der Waals surface area contributed by atoms with Crippen LogP contribution in [0.2, 0.25) is 0 Å². The molecule has 7 nitrogen and oxygen atoms in total. The van der Waals surface area contributed by atoms with Crippen LogP contribution in [-0.4, -0.2) is 17.0 Å². The van der Waals surface area contributed by atoms with Gasteiger partial charge >= 0.3 is 5.97 Å². The van der Waals surface area contributed by atoms with E-state index in [4.69, 9.17) is 10.7 Å². The van der Waals surface area contributed by atoms with Gasteiger partial charge in [0.15, 0.2) is 5.54 Å². The highest BCUT2D eigenvalue weighted by atomic mass is 16.7. The molecule has 0 fully saturated rings. The number of hydrazine groups is 1. The average Bonchev–Trinajstić information content (AvgIpc) is 2.81. The average molecular weight is 263 g/mol. The fourth-order valence-corrected chi connectivity index (χ4v) is 1.98. The van der Waals surface area contributed by atoms with Crippen molar-refractivity contribution in [3.8, 4) is 0 Å². The molecule has 0 aliphatic carbocycles. The Balaban J connectivity index is 2.63. The zero-order valence-electron chi connectivity index (χ0n) is 10.1. The Morgan fingerprint density at radius 1 is 1.42 bits per heavy atom. The third-order valence-corrected chi connectivity index (χ3v) is 2.86. The number of amides is 1. The maximum atomic E-state index is 11.7. The molecule has 0 aromatic heterocycles. The van der Waals surface area contributed by atoms with Crippen LogP contribution in [0.4, 0.5) is 0 Å². The van der Waals surface area contributed by atoms with Gasteiger partial charge in [0.1, 0.15) is 5.76 Å². The lowest BCUT2D eigenvalue weighted by Gasteiger charge is -2.23. The molecule has 5 N–H and O–H groups in total. The molecule has 1 heterocycles. The molecule has 1 amide bonds. The van der Waals surface area contributed by atoms with Crippen LogP contribution in [0.1, 0.15) is 22.8 Å². The van der Waals surface area contributed by atoms with E-state index in [-0.39, 0.29) is 11.1 Å². The van der Waals surface area contributed by atoms with Gasteiger partial charge in [0, 0.05) is 11.1 Å². The minimum Gasteiger partial charge on any atom is -0.479 e. The van der Waals surface area contributed by atoms with Crippen molar-refractivity contribution in [2.45, 2.75) is 12.5 Å². The van der Waals surface area contributed by atoms with Crippen LogP contribution < -0.4 is 16.7 Å². The normalized spacial score (nSPS) is 21.5. The minimum atomic E-state index is -1.60. The molecule has 1 atom stereocenters. The smallest absolute Gasteiger partial charge is 0.336 e. The van der Waals surface area contributed by atoms with E-state index < -0.39 is 17.4 Å². The van der Waals surface area contributed by atoms with E-state index >= 15 is 0 Å². The molecule has 100 valence electrons. The Labute approximate surface area is 109 Å². The summed E-state index contributed by atoms with van der Waals surface area (Å²) < 4.78 is 0. The van der Waals surface area contributed by atoms with E-state index in [0.29, 0.717) is 5.76 Å². The van der Waals surface area contributed by atoms with Crippen LogP contribution in [0.5, 0.6) is 0 Å². The maximum absolute atomic E-state index is 11.7. The monoisotopic (exact) mass is 263 g/mol. The van der Waals surface area contributed by atoms with Crippen LogP contribution in [0, 0.1) is 0 Å². The molecule has 1 aliphatic heterocycles. The second-order valence-corrected chi connectivity index (χ2v) is 4.09. The molecular weight excluding hydrogens is 250 g/mol. The first-order valence-electron chi connectivity index (χ1n) is 5.48. The molecule has 1 aromatic rings. The van der Waals surface area contributed by atoms with Gasteiger partial charge in [-0.05, 0) is 19.1 Å². The van der Waals surface area contributed by atoms with Crippen LogP contribution in [-0.2, 0) is 15.2 Å². The number of carbonyl (C=O) groups is 2. The molecule has 0 unspecified atom stereocenters. The summed E-state index contributed by atoms with van der Waals surface area (Å²) in [7, 11) is 0. The number of nitrogens with one attached hydrogen (secondary N) is 2. The van der Waals surface area contributed by atoms with Gasteiger partial charge in [-0.15, -0.1) is 5.48 Å². The predicted octanol–water partition coefficient (Wildman–Crippen LogP) is 0.00860. The standard InChI is InChI=1S/C12H13N3O4/c1-7-6-12(11(17)18,15-19-7)9-5-3-2-4-8(9)10(16)14-13/h2-6,15H,13H2,1H3,(H,14,16)(H,17,18)/t12-/m0/s1. The lowest BCUT2D eigenvalue weighted by atomic mass is 9.86. The number of hydroxylamine groups is 1. The summed E-state index contributed by atoms with van der Waals surface area (Å²) in [5, 5.41) is 9.46. The number of rotatable bonds is 3. The number of carboxylic acid groups (broad SMARTS) is 1. The first kappa shape index (κ1) is 13.1. The summed E-state index contributed by atoms with van der Waals surface area (Å²) in [6.45, 7) is 1.61. The largest absolute Gasteiger partial charge is 0.479 e. The molecule has 2 rings (SSSR count). The molecular formula is C12H13N3O4. The van der Waals surface area contributed by atoms with Gasteiger partial charge in [0.05, 0.1) is 0 Å².